The molecule has 5 rings (SSSR count). The summed E-state index contributed by atoms with van der Waals surface area (Å²) in [6, 6.07) is 11.1. The third-order valence-electron chi connectivity index (χ3n) is 6.71. The lowest BCUT2D eigenvalue weighted by Gasteiger charge is -2.41. The zero-order valence-electron chi connectivity index (χ0n) is 21.2. The van der Waals surface area contributed by atoms with Crippen molar-refractivity contribution in [3.63, 3.8) is 0 Å². The molecule has 198 valence electrons. The summed E-state index contributed by atoms with van der Waals surface area (Å²) in [4.78, 5) is 38.8. The van der Waals surface area contributed by atoms with Gasteiger partial charge in [0.15, 0.2) is 0 Å². The summed E-state index contributed by atoms with van der Waals surface area (Å²) in [5, 5.41) is 2.75. The minimum Gasteiger partial charge on any atom is -0.497 e. The van der Waals surface area contributed by atoms with Gasteiger partial charge in [0.25, 0.3) is 5.91 Å². The normalized spacial score (nSPS) is 15.2. The van der Waals surface area contributed by atoms with Gasteiger partial charge >= 0.3 is 6.03 Å². The van der Waals surface area contributed by atoms with Crippen LogP contribution in [0, 0.1) is 18.2 Å². The van der Waals surface area contributed by atoms with Crippen LogP contribution in [-0.2, 0) is 0 Å². The van der Waals surface area contributed by atoms with Gasteiger partial charge in [0.2, 0.25) is 0 Å². The maximum atomic E-state index is 15.3. The molecule has 1 fully saturated rings. The van der Waals surface area contributed by atoms with Crippen molar-refractivity contribution in [1.29, 1.82) is 0 Å². The number of nitrogens with one attached hydrogen (secondary N) is 1. The molecular weight excluding hydrogens is 521 g/mol. The molecule has 3 aromatic rings. The number of likely N-dealkylation sites (tertiary alicyclic amines) is 1. The van der Waals surface area contributed by atoms with E-state index in [0.29, 0.717) is 11.3 Å². The SMILES string of the molecule is C#Cc1ccc(N(C(=O)Nc2ccc(C(C3=NCC3)N3CCC3)cc2F)C(=O)c2cc(Cl)cc(OC)c2)nc1. The fraction of sp³-hybridized carbons (Fsp3) is 0.241. The van der Waals surface area contributed by atoms with Gasteiger partial charge in [0.05, 0.1) is 18.8 Å². The number of hydrogen-bond acceptors (Lipinski definition) is 6. The maximum absolute atomic E-state index is 15.3. The summed E-state index contributed by atoms with van der Waals surface area (Å²) in [5.41, 5.74) is 2.27. The molecule has 0 radical (unpaired) electrons. The molecule has 3 amide bonds. The van der Waals surface area contributed by atoms with Crippen molar-refractivity contribution in [2.24, 2.45) is 4.99 Å². The summed E-state index contributed by atoms with van der Waals surface area (Å²) in [5.74, 6) is 1.39. The van der Waals surface area contributed by atoms with E-state index in [1.807, 2.05) is 0 Å². The molecule has 39 heavy (non-hydrogen) atoms. The number of carbonyl (C=O) groups excluding carboxylic acids is 2. The highest BCUT2D eigenvalue weighted by atomic mass is 35.5. The lowest BCUT2D eigenvalue weighted by atomic mass is 9.92. The van der Waals surface area contributed by atoms with E-state index in [2.05, 4.69) is 26.1 Å². The van der Waals surface area contributed by atoms with Crippen molar-refractivity contribution >= 4 is 40.8 Å². The van der Waals surface area contributed by atoms with Crippen molar-refractivity contribution in [2.45, 2.75) is 18.9 Å². The molecule has 1 atom stereocenters. The molecule has 0 saturated carbocycles. The Bertz CT molecular complexity index is 1500. The molecular formula is C29H25ClFN5O3. The summed E-state index contributed by atoms with van der Waals surface area (Å²) in [7, 11) is 1.43. The van der Waals surface area contributed by atoms with Crippen molar-refractivity contribution in [3.05, 3.63) is 82.3 Å². The van der Waals surface area contributed by atoms with E-state index in [9.17, 15) is 9.59 Å². The molecule has 0 bridgehead atoms. The van der Waals surface area contributed by atoms with Crippen molar-refractivity contribution in [2.75, 3.05) is 37.0 Å². The number of imide groups is 1. The molecule has 0 spiro atoms. The predicted molar refractivity (Wildman–Crippen MR) is 148 cm³/mol. The smallest absolute Gasteiger partial charge is 0.334 e. The van der Waals surface area contributed by atoms with Gasteiger partial charge in [-0.3, -0.25) is 14.7 Å². The van der Waals surface area contributed by atoms with E-state index in [0.717, 1.165) is 48.7 Å². The van der Waals surface area contributed by atoms with Crippen LogP contribution in [0.15, 0.2) is 59.7 Å². The Morgan fingerprint density at radius 3 is 2.56 bits per heavy atom. The second kappa shape index (κ2) is 11.2. The predicted octanol–water partition coefficient (Wildman–Crippen LogP) is 5.33. The zero-order chi connectivity index (χ0) is 27.5. The summed E-state index contributed by atoms with van der Waals surface area (Å²) in [6.45, 7) is 2.65. The van der Waals surface area contributed by atoms with Gasteiger partial charge in [-0.1, -0.05) is 23.6 Å². The highest BCUT2D eigenvalue weighted by molar-refractivity contribution is 6.31. The number of anilines is 2. The number of carbonyl (C=O) groups is 2. The van der Waals surface area contributed by atoms with Crippen LogP contribution in [0.3, 0.4) is 0 Å². The second-order valence-electron chi connectivity index (χ2n) is 9.15. The average Bonchev–Trinajstić information content (AvgIpc) is 2.87. The van der Waals surface area contributed by atoms with Crippen LogP contribution in [0.1, 0.15) is 40.4 Å². The van der Waals surface area contributed by atoms with Gasteiger partial charge in [0, 0.05) is 54.1 Å². The average molecular weight is 546 g/mol. The van der Waals surface area contributed by atoms with E-state index in [-0.39, 0.29) is 28.1 Å². The lowest BCUT2D eigenvalue weighted by Crippen LogP contribution is -2.45. The van der Waals surface area contributed by atoms with E-state index >= 15 is 4.39 Å². The molecule has 1 unspecified atom stereocenters. The van der Waals surface area contributed by atoms with E-state index in [1.54, 1.807) is 12.1 Å². The molecule has 2 aromatic carbocycles. The van der Waals surface area contributed by atoms with Crippen molar-refractivity contribution < 1.29 is 18.7 Å². The quantitative estimate of drug-likeness (QED) is 0.405. The van der Waals surface area contributed by atoms with Crippen molar-refractivity contribution in [1.82, 2.24) is 9.88 Å². The van der Waals surface area contributed by atoms with Crippen LogP contribution in [0.25, 0.3) is 0 Å². The number of ether oxygens (including phenoxy) is 1. The lowest BCUT2D eigenvalue weighted by molar-refractivity contribution is 0.0994. The number of methoxy groups -OCH3 is 1. The van der Waals surface area contributed by atoms with Crippen molar-refractivity contribution in [3.8, 4) is 18.1 Å². The fourth-order valence-corrected chi connectivity index (χ4v) is 4.71. The molecule has 2 aliphatic heterocycles. The Hall–Kier alpha value is -4.26. The third-order valence-corrected chi connectivity index (χ3v) is 6.93. The first-order chi connectivity index (χ1) is 18.9. The number of urea groups is 1. The van der Waals surface area contributed by atoms with Crippen LogP contribution in [0.4, 0.5) is 20.7 Å². The minimum absolute atomic E-state index is 0.00619. The van der Waals surface area contributed by atoms with Crippen LogP contribution >= 0.6 is 11.6 Å². The molecule has 1 saturated heterocycles. The molecule has 1 N–H and O–H groups in total. The van der Waals surface area contributed by atoms with E-state index < -0.39 is 17.8 Å². The Balaban J connectivity index is 1.45. The van der Waals surface area contributed by atoms with Crippen LogP contribution in [-0.4, -0.2) is 54.3 Å². The number of aromatic nitrogens is 1. The minimum atomic E-state index is -0.908. The van der Waals surface area contributed by atoms with Crippen LogP contribution < -0.4 is 15.0 Å². The number of terminal acetylenes is 1. The topological polar surface area (TPSA) is 87.1 Å². The largest absolute Gasteiger partial charge is 0.497 e. The zero-order valence-corrected chi connectivity index (χ0v) is 21.9. The summed E-state index contributed by atoms with van der Waals surface area (Å²) >= 11 is 6.16. The second-order valence-corrected chi connectivity index (χ2v) is 9.59. The van der Waals surface area contributed by atoms with Gasteiger partial charge in [-0.2, -0.15) is 0 Å². The summed E-state index contributed by atoms with van der Waals surface area (Å²) < 4.78 is 20.5. The Morgan fingerprint density at radius 1 is 1.21 bits per heavy atom. The van der Waals surface area contributed by atoms with Crippen LogP contribution in [0.5, 0.6) is 5.75 Å². The molecule has 2 aliphatic rings. The number of aliphatic imine (C=N–C) groups is 1. The van der Waals surface area contributed by atoms with E-state index in [1.165, 1.54) is 49.7 Å². The Kier molecular flexibility index (Phi) is 7.59. The van der Waals surface area contributed by atoms with E-state index in [4.69, 9.17) is 22.8 Å². The molecule has 10 heteroatoms. The molecule has 8 nitrogen and oxygen atoms in total. The summed E-state index contributed by atoms with van der Waals surface area (Å²) in [6.07, 6.45) is 8.76. The van der Waals surface area contributed by atoms with Gasteiger partial charge in [-0.05, 0) is 54.4 Å². The number of benzene rings is 2. The first-order valence-electron chi connectivity index (χ1n) is 12.4. The number of rotatable bonds is 7. The number of hydrogen-bond donors (Lipinski definition) is 1. The van der Waals surface area contributed by atoms with Crippen LogP contribution in [0.2, 0.25) is 5.02 Å². The first kappa shape index (κ1) is 26.4. The fourth-order valence-electron chi connectivity index (χ4n) is 4.49. The molecule has 0 aliphatic carbocycles. The van der Waals surface area contributed by atoms with Gasteiger partial charge in [0.1, 0.15) is 17.4 Å². The highest BCUT2D eigenvalue weighted by Gasteiger charge is 2.32. The maximum Gasteiger partial charge on any atom is 0.334 e. The molecule has 3 heterocycles. The Morgan fingerprint density at radius 2 is 2.00 bits per heavy atom. The third kappa shape index (κ3) is 5.48. The van der Waals surface area contributed by atoms with Gasteiger partial charge < -0.3 is 10.1 Å². The highest BCUT2D eigenvalue weighted by Crippen LogP contribution is 2.33. The Labute approximate surface area is 230 Å². The number of pyridine rings is 1. The number of halogens is 2. The first-order valence-corrected chi connectivity index (χ1v) is 12.7. The van der Waals surface area contributed by atoms with Gasteiger partial charge in [-0.25, -0.2) is 19.1 Å². The van der Waals surface area contributed by atoms with Gasteiger partial charge in [-0.15, -0.1) is 6.42 Å². The number of nitrogens with zero attached hydrogens (tertiary/aromatic N) is 4. The number of amides is 3. The monoisotopic (exact) mass is 545 g/mol. The molecule has 1 aromatic heterocycles. The standard InChI is InChI=1S/C29H25ClFN5O3/c1-3-18-5-8-26(33-17-18)36(28(37)20-13-21(30)16-22(14-20)39-2)29(38)34-24-7-6-19(15-23(24)31)27(25-9-10-32-25)35-11-4-12-35/h1,5-8,13-17,27H,4,9-12H2,2H3,(H,34,38).